The first-order valence-corrected chi connectivity index (χ1v) is 7.67. The predicted octanol–water partition coefficient (Wildman–Crippen LogP) is 2.68. The molecular formula is C15H21ClN2O3. The Morgan fingerprint density at radius 1 is 1.62 bits per heavy atom. The Balaban J connectivity index is 2.03. The fraction of sp³-hybridized carbons (Fsp3) is 0.600. The van der Waals surface area contributed by atoms with Crippen molar-refractivity contribution in [3.63, 3.8) is 0 Å². The summed E-state index contributed by atoms with van der Waals surface area (Å²) in [5.41, 5.74) is 0.200. The Bertz CT molecular complexity index is 490. The molecule has 1 N–H and O–H groups in total. The molecule has 2 rings (SSSR count). The van der Waals surface area contributed by atoms with E-state index in [1.165, 1.54) is 0 Å². The van der Waals surface area contributed by atoms with Crippen molar-refractivity contribution in [3.05, 3.63) is 22.8 Å². The van der Waals surface area contributed by atoms with Crippen LogP contribution in [0.1, 0.15) is 37.2 Å². The minimum atomic E-state index is -0.278. The molecule has 0 unspecified atom stereocenters. The number of nitrogens with zero attached hydrogens (tertiary/aromatic N) is 1. The largest absolute Gasteiger partial charge is 0.478 e. The van der Waals surface area contributed by atoms with Gasteiger partial charge >= 0.3 is 0 Å². The van der Waals surface area contributed by atoms with E-state index in [-0.39, 0.29) is 17.6 Å². The lowest BCUT2D eigenvalue weighted by Gasteiger charge is -2.28. The highest BCUT2D eigenvalue weighted by molar-refractivity contribution is 6.33. The third kappa shape index (κ3) is 4.32. The second kappa shape index (κ2) is 7.61. The van der Waals surface area contributed by atoms with Crippen molar-refractivity contribution in [2.24, 2.45) is 5.92 Å². The van der Waals surface area contributed by atoms with Crippen LogP contribution < -0.4 is 10.1 Å². The maximum Gasteiger partial charge on any atom is 0.271 e. The monoisotopic (exact) mass is 312 g/mol. The lowest BCUT2D eigenvalue weighted by Crippen LogP contribution is -2.41. The fourth-order valence-corrected chi connectivity index (χ4v) is 2.56. The van der Waals surface area contributed by atoms with Gasteiger partial charge in [-0.25, -0.2) is 4.98 Å². The van der Waals surface area contributed by atoms with Crippen molar-refractivity contribution in [1.82, 2.24) is 10.3 Å². The summed E-state index contributed by atoms with van der Waals surface area (Å²) >= 11 is 6.06. The van der Waals surface area contributed by atoms with Gasteiger partial charge in [0.2, 0.25) is 5.88 Å². The molecule has 0 aromatic carbocycles. The van der Waals surface area contributed by atoms with Crippen molar-refractivity contribution in [3.8, 4) is 5.88 Å². The second-order valence-electron chi connectivity index (χ2n) is 5.15. The standard InChI is InChI=1S/C15H21ClN2O3/c1-3-21-13-7-6-12(16)14(18-13)15(19)17-10(2)11-5-4-8-20-9-11/h6-7,10-11H,3-5,8-9H2,1-2H3,(H,17,19)/t10-,11+/m0/s1. The predicted molar refractivity (Wildman–Crippen MR) is 80.9 cm³/mol. The number of hydrogen-bond acceptors (Lipinski definition) is 4. The molecule has 0 spiro atoms. The first kappa shape index (κ1) is 16.0. The van der Waals surface area contributed by atoms with Crippen molar-refractivity contribution in [1.29, 1.82) is 0 Å². The maximum atomic E-state index is 12.3. The van der Waals surface area contributed by atoms with Crippen LogP contribution in [0, 0.1) is 5.92 Å². The number of rotatable bonds is 5. The number of hydrogen-bond donors (Lipinski definition) is 1. The highest BCUT2D eigenvalue weighted by Gasteiger charge is 2.24. The molecule has 21 heavy (non-hydrogen) atoms. The number of amides is 1. The van der Waals surface area contributed by atoms with Crippen LogP contribution in [0.4, 0.5) is 0 Å². The first-order chi connectivity index (χ1) is 10.1. The van der Waals surface area contributed by atoms with Crippen LogP contribution in [0.25, 0.3) is 0 Å². The van der Waals surface area contributed by atoms with Gasteiger partial charge in [0.1, 0.15) is 0 Å². The molecule has 1 aromatic heterocycles. The molecule has 1 saturated heterocycles. The fourth-order valence-electron chi connectivity index (χ4n) is 2.36. The molecule has 2 atom stereocenters. The van der Waals surface area contributed by atoms with Crippen LogP contribution >= 0.6 is 11.6 Å². The molecule has 0 bridgehead atoms. The van der Waals surface area contributed by atoms with Crippen LogP contribution in [-0.4, -0.2) is 36.8 Å². The molecule has 116 valence electrons. The van der Waals surface area contributed by atoms with E-state index in [4.69, 9.17) is 21.1 Å². The van der Waals surface area contributed by atoms with E-state index < -0.39 is 0 Å². The minimum Gasteiger partial charge on any atom is -0.478 e. The molecule has 1 aliphatic heterocycles. The Labute approximate surface area is 130 Å². The Morgan fingerprint density at radius 3 is 3.10 bits per heavy atom. The van der Waals surface area contributed by atoms with Gasteiger partial charge in [-0.2, -0.15) is 0 Å². The number of pyridine rings is 1. The lowest BCUT2D eigenvalue weighted by molar-refractivity contribution is 0.0409. The highest BCUT2D eigenvalue weighted by Crippen LogP contribution is 2.20. The first-order valence-electron chi connectivity index (χ1n) is 7.29. The molecule has 1 fully saturated rings. The summed E-state index contributed by atoms with van der Waals surface area (Å²) in [5, 5.41) is 3.28. The van der Waals surface area contributed by atoms with Gasteiger partial charge < -0.3 is 14.8 Å². The van der Waals surface area contributed by atoms with E-state index in [0.29, 0.717) is 30.0 Å². The van der Waals surface area contributed by atoms with Crippen molar-refractivity contribution >= 4 is 17.5 Å². The van der Waals surface area contributed by atoms with Crippen molar-refractivity contribution in [2.45, 2.75) is 32.7 Å². The Kier molecular flexibility index (Phi) is 5.82. The molecule has 6 heteroatoms. The molecule has 0 saturated carbocycles. The van der Waals surface area contributed by atoms with Gasteiger partial charge in [-0.05, 0) is 32.8 Å². The number of carbonyl (C=O) groups is 1. The Morgan fingerprint density at radius 2 is 2.43 bits per heavy atom. The van der Waals surface area contributed by atoms with Crippen LogP contribution in [0.15, 0.2) is 12.1 Å². The quantitative estimate of drug-likeness (QED) is 0.908. The highest BCUT2D eigenvalue weighted by atomic mass is 35.5. The summed E-state index contributed by atoms with van der Waals surface area (Å²) in [4.78, 5) is 16.5. The number of halogens is 1. The molecule has 0 aliphatic carbocycles. The van der Waals surface area contributed by atoms with Gasteiger partial charge in [-0.3, -0.25) is 4.79 Å². The summed E-state index contributed by atoms with van der Waals surface area (Å²) < 4.78 is 10.8. The smallest absolute Gasteiger partial charge is 0.271 e. The van der Waals surface area contributed by atoms with Gasteiger partial charge in [0.05, 0.1) is 18.2 Å². The van der Waals surface area contributed by atoms with Crippen molar-refractivity contribution in [2.75, 3.05) is 19.8 Å². The summed E-state index contributed by atoms with van der Waals surface area (Å²) in [5.74, 6) is 0.455. The van der Waals surface area contributed by atoms with E-state index in [1.54, 1.807) is 12.1 Å². The van der Waals surface area contributed by atoms with Gasteiger partial charge in [0.25, 0.3) is 5.91 Å². The van der Waals surface area contributed by atoms with Crippen LogP contribution in [0.2, 0.25) is 5.02 Å². The zero-order chi connectivity index (χ0) is 15.2. The van der Waals surface area contributed by atoms with E-state index in [0.717, 1.165) is 19.4 Å². The summed E-state index contributed by atoms with van der Waals surface area (Å²) in [6.45, 7) is 5.83. The van der Waals surface area contributed by atoms with E-state index >= 15 is 0 Å². The van der Waals surface area contributed by atoms with Gasteiger partial charge in [0.15, 0.2) is 5.69 Å². The normalized spacial score (nSPS) is 19.9. The number of ether oxygens (including phenoxy) is 2. The third-order valence-electron chi connectivity index (χ3n) is 3.59. The molecule has 1 aromatic rings. The summed E-state index contributed by atoms with van der Waals surface area (Å²) in [6, 6.07) is 3.30. The van der Waals surface area contributed by atoms with Gasteiger partial charge in [-0.1, -0.05) is 11.6 Å². The SMILES string of the molecule is CCOc1ccc(Cl)c(C(=O)N[C@@H](C)[C@@H]2CCCOC2)n1. The maximum absolute atomic E-state index is 12.3. The number of aromatic nitrogens is 1. The molecule has 1 aliphatic rings. The van der Waals surface area contributed by atoms with Gasteiger partial charge in [-0.15, -0.1) is 0 Å². The Hall–Kier alpha value is -1.33. The molecule has 0 radical (unpaired) electrons. The van der Waals surface area contributed by atoms with E-state index in [2.05, 4.69) is 10.3 Å². The van der Waals surface area contributed by atoms with E-state index in [9.17, 15) is 4.79 Å². The summed E-state index contributed by atoms with van der Waals surface area (Å²) in [7, 11) is 0. The molecule has 2 heterocycles. The van der Waals surface area contributed by atoms with Gasteiger partial charge in [0, 0.05) is 24.6 Å². The van der Waals surface area contributed by atoms with Crippen LogP contribution in [-0.2, 0) is 4.74 Å². The van der Waals surface area contributed by atoms with E-state index in [1.807, 2.05) is 13.8 Å². The van der Waals surface area contributed by atoms with Crippen molar-refractivity contribution < 1.29 is 14.3 Å². The average Bonchev–Trinajstić information content (AvgIpc) is 2.50. The zero-order valence-corrected chi connectivity index (χ0v) is 13.2. The molecular weight excluding hydrogens is 292 g/mol. The molecule has 1 amide bonds. The lowest BCUT2D eigenvalue weighted by atomic mass is 9.95. The number of carbonyl (C=O) groups excluding carboxylic acids is 1. The molecule has 5 nitrogen and oxygen atoms in total. The second-order valence-corrected chi connectivity index (χ2v) is 5.56. The zero-order valence-electron chi connectivity index (χ0n) is 12.4. The average molecular weight is 313 g/mol. The third-order valence-corrected chi connectivity index (χ3v) is 3.89. The van der Waals surface area contributed by atoms with Crippen LogP contribution in [0.5, 0.6) is 5.88 Å². The topological polar surface area (TPSA) is 60.5 Å². The minimum absolute atomic E-state index is 0.0198. The van der Waals surface area contributed by atoms with Crippen LogP contribution in [0.3, 0.4) is 0 Å². The number of nitrogens with one attached hydrogen (secondary N) is 1. The summed E-state index contributed by atoms with van der Waals surface area (Å²) in [6.07, 6.45) is 2.09.